The largest absolute Gasteiger partial charge is 0.0807 e. The molecule has 140 valence electrons. The van der Waals surface area contributed by atoms with Crippen molar-refractivity contribution < 1.29 is 0 Å². The highest BCUT2D eigenvalue weighted by Gasteiger charge is 2.11. The van der Waals surface area contributed by atoms with Crippen LogP contribution in [0.25, 0.3) is 5.57 Å². The van der Waals surface area contributed by atoms with Gasteiger partial charge in [-0.05, 0) is 115 Å². The molecule has 0 unspecified atom stereocenters. The summed E-state index contributed by atoms with van der Waals surface area (Å²) in [5.74, 6) is 13.3. The first kappa shape index (κ1) is 19.6. The van der Waals surface area contributed by atoms with Crippen LogP contribution in [0.3, 0.4) is 0 Å². The van der Waals surface area contributed by atoms with E-state index in [2.05, 4.69) is 126 Å². The Morgan fingerprint density at radius 2 is 1.34 bits per heavy atom. The van der Waals surface area contributed by atoms with Crippen molar-refractivity contribution in [1.29, 1.82) is 0 Å². The molecular formula is C28H21I. The van der Waals surface area contributed by atoms with Gasteiger partial charge in [0, 0.05) is 25.8 Å². The van der Waals surface area contributed by atoms with Crippen molar-refractivity contribution in [3.05, 3.63) is 110 Å². The lowest BCUT2D eigenvalue weighted by molar-refractivity contribution is 0.935. The van der Waals surface area contributed by atoms with E-state index in [0.29, 0.717) is 0 Å². The fourth-order valence-electron chi connectivity index (χ4n) is 3.37. The predicted molar refractivity (Wildman–Crippen MR) is 131 cm³/mol. The summed E-state index contributed by atoms with van der Waals surface area (Å²) < 4.78 is 1.22. The van der Waals surface area contributed by atoms with E-state index in [9.17, 15) is 0 Å². The van der Waals surface area contributed by atoms with E-state index in [1.807, 2.05) is 0 Å². The van der Waals surface area contributed by atoms with Crippen molar-refractivity contribution in [2.75, 3.05) is 0 Å². The third kappa shape index (κ3) is 5.20. The van der Waals surface area contributed by atoms with Gasteiger partial charge in [0.2, 0.25) is 0 Å². The first-order chi connectivity index (χ1) is 14.2. The minimum atomic E-state index is 1.04. The van der Waals surface area contributed by atoms with E-state index in [1.165, 1.54) is 26.7 Å². The quantitative estimate of drug-likeness (QED) is 0.259. The molecule has 1 heteroatoms. The van der Waals surface area contributed by atoms with Gasteiger partial charge in [0.15, 0.2) is 0 Å². The standard InChI is InChI=1S/C28H21I/c1-21-6-8-22(9-7-21)10-11-24-13-17-26(28(20-24)25-4-2-3-5-25)16-12-23-14-18-27(29)19-15-23/h4,6-9,13-15,17-20H,2-3,5H2,1H3. The normalized spacial score (nSPS) is 12.4. The Morgan fingerprint density at radius 1 is 0.724 bits per heavy atom. The van der Waals surface area contributed by atoms with Crippen molar-refractivity contribution in [2.45, 2.75) is 26.2 Å². The lowest BCUT2D eigenvalue weighted by Crippen LogP contribution is -1.90. The Bertz CT molecular complexity index is 1170. The van der Waals surface area contributed by atoms with Gasteiger partial charge in [-0.2, -0.15) is 0 Å². The molecule has 0 radical (unpaired) electrons. The zero-order valence-corrected chi connectivity index (χ0v) is 18.6. The summed E-state index contributed by atoms with van der Waals surface area (Å²) in [6.07, 6.45) is 5.84. The van der Waals surface area contributed by atoms with Crippen molar-refractivity contribution in [2.24, 2.45) is 0 Å². The zero-order chi connectivity index (χ0) is 20.1. The minimum absolute atomic E-state index is 1.04. The molecule has 0 aliphatic heterocycles. The van der Waals surface area contributed by atoms with Gasteiger partial charge in [0.05, 0.1) is 0 Å². The first-order valence-corrected chi connectivity index (χ1v) is 10.9. The third-order valence-corrected chi connectivity index (χ3v) is 5.71. The van der Waals surface area contributed by atoms with Crippen LogP contribution < -0.4 is 0 Å². The van der Waals surface area contributed by atoms with E-state index in [0.717, 1.165) is 35.1 Å². The van der Waals surface area contributed by atoms with Crippen molar-refractivity contribution in [3.8, 4) is 23.7 Å². The molecule has 0 bridgehead atoms. The second-order valence-electron chi connectivity index (χ2n) is 7.25. The SMILES string of the molecule is Cc1ccc(C#Cc2ccc(C#Cc3ccc(I)cc3)c(C3=CCCC3)c2)cc1. The molecule has 3 aromatic carbocycles. The van der Waals surface area contributed by atoms with E-state index < -0.39 is 0 Å². The minimum Gasteiger partial charge on any atom is -0.0807 e. The molecule has 0 heterocycles. The first-order valence-electron chi connectivity index (χ1n) is 9.87. The van der Waals surface area contributed by atoms with Crippen LogP contribution in [-0.4, -0.2) is 0 Å². The molecule has 0 aromatic heterocycles. The van der Waals surface area contributed by atoms with Gasteiger partial charge in [-0.15, -0.1) is 0 Å². The molecule has 0 saturated heterocycles. The van der Waals surface area contributed by atoms with E-state index >= 15 is 0 Å². The molecule has 0 nitrogen and oxygen atoms in total. The fourth-order valence-corrected chi connectivity index (χ4v) is 3.73. The lowest BCUT2D eigenvalue weighted by atomic mass is 9.96. The zero-order valence-electron chi connectivity index (χ0n) is 16.4. The number of halogens is 1. The van der Waals surface area contributed by atoms with Crippen LogP contribution in [0, 0.1) is 34.2 Å². The van der Waals surface area contributed by atoms with Crippen LogP contribution in [0.2, 0.25) is 0 Å². The summed E-state index contributed by atoms with van der Waals surface area (Å²) >= 11 is 2.32. The van der Waals surface area contributed by atoms with Crippen LogP contribution in [-0.2, 0) is 0 Å². The monoisotopic (exact) mass is 484 g/mol. The Kier molecular flexibility index (Phi) is 6.18. The molecule has 29 heavy (non-hydrogen) atoms. The molecule has 0 saturated carbocycles. The Hall–Kier alpha value is -2.75. The van der Waals surface area contributed by atoms with E-state index in [4.69, 9.17) is 0 Å². The van der Waals surface area contributed by atoms with Gasteiger partial charge in [-0.1, -0.05) is 47.5 Å². The molecular weight excluding hydrogens is 463 g/mol. The highest BCUT2D eigenvalue weighted by atomic mass is 127. The summed E-state index contributed by atoms with van der Waals surface area (Å²) in [5, 5.41) is 0. The molecule has 0 spiro atoms. The van der Waals surface area contributed by atoms with Gasteiger partial charge < -0.3 is 0 Å². The number of rotatable bonds is 1. The lowest BCUT2D eigenvalue weighted by Gasteiger charge is -2.07. The summed E-state index contributed by atoms with van der Waals surface area (Å²) in [4.78, 5) is 0. The van der Waals surface area contributed by atoms with Gasteiger partial charge >= 0.3 is 0 Å². The Morgan fingerprint density at radius 3 is 2.03 bits per heavy atom. The van der Waals surface area contributed by atoms with Gasteiger partial charge in [0.25, 0.3) is 0 Å². The summed E-state index contributed by atoms with van der Waals surface area (Å²) in [6, 6.07) is 23.1. The maximum Gasteiger partial charge on any atom is 0.0324 e. The fraction of sp³-hybridized carbons (Fsp3) is 0.143. The average molecular weight is 484 g/mol. The number of allylic oxidation sites excluding steroid dienone is 2. The Balaban J connectivity index is 1.68. The van der Waals surface area contributed by atoms with Crippen molar-refractivity contribution in [1.82, 2.24) is 0 Å². The number of hydrogen-bond acceptors (Lipinski definition) is 0. The van der Waals surface area contributed by atoms with Crippen LogP contribution >= 0.6 is 22.6 Å². The van der Waals surface area contributed by atoms with E-state index in [-0.39, 0.29) is 0 Å². The molecule has 1 aliphatic rings. The van der Waals surface area contributed by atoms with Crippen LogP contribution in [0.15, 0.2) is 72.8 Å². The molecule has 0 N–H and O–H groups in total. The smallest absolute Gasteiger partial charge is 0.0324 e. The maximum absolute atomic E-state index is 3.39. The number of aryl methyl sites for hydroxylation is 1. The molecule has 4 rings (SSSR count). The van der Waals surface area contributed by atoms with E-state index in [1.54, 1.807) is 0 Å². The molecule has 0 atom stereocenters. The Labute approximate surface area is 187 Å². The van der Waals surface area contributed by atoms with Crippen molar-refractivity contribution >= 4 is 28.2 Å². The van der Waals surface area contributed by atoms with Crippen LogP contribution in [0.1, 0.15) is 52.6 Å². The highest BCUT2D eigenvalue weighted by molar-refractivity contribution is 14.1. The predicted octanol–water partition coefficient (Wildman–Crippen LogP) is 6.97. The third-order valence-electron chi connectivity index (χ3n) is 4.99. The average Bonchev–Trinajstić information content (AvgIpc) is 3.28. The van der Waals surface area contributed by atoms with Gasteiger partial charge in [-0.3, -0.25) is 0 Å². The number of hydrogen-bond donors (Lipinski definition) is 0. The van der Waals surface area contributed by atoms with Gasteiger partial charge in [0.1, 0.15) is 0 Å². The molecule has 3 aromatic rings. The second kappa shape index (κ2) is 9.17. The van der Waals surface area contributed by atoms with Crippen LogP contribution in [0.4, 0.5) is 0 Å². The maximum atomic E-state index is 3.39. The molecule has 1 aliphatic carbocycles. The summed E-state index contributed by atoms with van der Waals surface area (Å²) in [6.45, 7) is 2.09. The van der Waals surface area contributed by atoms with Gasteiger partial charge in [-0.25, -0.2) is 0 Å². The molecule has 0 amide bonds. The summed E-state index contributed by atoms with van der Waals surface area (Å²) in [7, 11) is 0. The topological polar surface area (TPSA) is 0 Å². The number of benzene rings is 3. The van der Waals surface area contributed by atoms with Crippen LogP contribution in [0.5, 0.6) is 0 Å². The molecule has 0 fully saturated rings. The second-order valence-corrected chi connectivity index (χ2v) is 8.50. The summed E-state index contributed by atoms with van der Waals surface area (Å²) in [5.41, 5.74) is 8.08. The van der Waals surface area contributed by atoms with Crippen molar-refractivity contribution in [3.63, 3.8) is 0 Å². The highest BCUT2D eigenvalue weighted by Crippen LogP contribution is 2.30.